The van der Waals surface area contributed by atoms with Crippen LogP contribution in [0, 0.1) is 0 Å². The molecule has 32 heavy (non-hydrogen) atoms. The summed E-state index contributed by atoms with van der Waals surface area (Å²) in [6.07, 6.45) is 4.73. The molecule has 7 heteroatoms. The molecule has 3 aromatic rings. The van der Waals surface area contributed by atoms with E-state index in [1.807, 2.05) is 48.5 Å². The van der Waals surface area contributed by atoms with Gasteiger partial charge in [-0.15, -0.1) is 0 Å². The third kappa shape index (κ3) is 7.52. The highest BCUT2D eigenvalue weighted by Gasteiger charge is 2.03. The molecule has 0 aliphatic heterocycles. The number of benzene rings is 3. The number of hydrogen-bond donors (Lipinski definition) is 1. The number of nitrogens with one attached hydrogen (secondary N) is 1. The van der Waals surface area contributed by atoms with Gasteiger partial charge >= 0.3 is 5.97 Å². The lowest BCUT2D eigenvalue weighted by Gasteiger charge is -2.03. The van der Waals surface area contributed by atoms with Crippen molar-refractivity contribution >= 4 is 40.1 Å². The SMILES string of the molecule is COc1ccc(C=CC(=O)Oc2cccc(C=NNC(=O)Cc3ccc(Br)cc3)c2)cc1. The summed E-state index contributed by atoms with van der Waals surface area (Å²) in [5.41, 5.74) is 4.91. The largest absolute Gasteiger partial charge is 0.497 e. The van der Waals surface area contributed by atoms with E-state index in [1.54, 1.807) is 37.5 Å². The zero-order chi connectivity index (χ0) is 22.8. The topological polar surface area (TPSA) is 77.0 Å². The minimum Gasteiger partial charge on any atom is -0.497 e. The number of carbonyl (C=O) groups excluding carboxylic acids is 2. The summed E-state index contributed by atoms with van der Waals surface area (Å²) in [4.78, 5) is 24.1. The molecule has 0 atom stereocenters. The molecule has 3 rings (SSSR count). The van der Waals surface area contributed by atoms with E-state index in [4.69, 9.17) is 9.47 Å². The van der Waals surface area contributed by atoms with E-state index in [0.29, 0.717) is 11.3 Å². The maximum atomic E-state index is 12.1. The first kappa shape index (κ1) is 23.0. The first-order valence-electron chi connectivity index (χ1n) is 9.72. The van der Waals surface area contributed by atoms with Gasteiger partial charge in [0, 0.05) is 10.5 Å². The smallest absolute Gasteiger partial charge is 0.336 e. The number of nitrogens with zero attached hydrogens (tertiary/aromatic N) is 1. The summed E-state index contributed by atoms with van der Waals surface area (Å²) in [7, 11) is 1.60. The monoisotopic (exact) mass is 492 g/mol. The lowest BCUT2D eigenvalue weighted by molar-refractivity contribution is -0.129. The molecule has 1 N–H and O–H groups in total. The van der Waals surface area contributed by atoms with Crippen LogP contribution in [0.15, 0.2) is 88.4 Å². The van der Waals surface area contributed by atoms with E-state index in [2.05, 4.69) is 26.5 Å². The maximum Gasteiger partial charge on any atom is 0.336 e. The van der Waals surface area contributed by atoms with Gasteiger partial charge in [0.2, 0.25) is 5.91 Å². The van der Waals surface area contributed by atoms with E-state index in [-0.39, 0.29) is 12.3 Å². The molecule has 0 aliphatic rings. The molecule has 0 fully saturated rings. The maximum absolute atomic E-state index is 12.1. The standard InChI is InChI=1S/C25H21BrN2O4/c1-31-22-12-7-18(8-13-22)9-14-25(30)32-23-4-2-3-20(15-23)17-27-28-24(29)16-19-5-10-21(26)11-6-19/h2-15,17H,16H2,1H3,(H,28,29). The number of hydrazone groups is 1. The summed E-state index contributed by atoms with van der Waals surface area (Å²) in [5, 5.41) is 3.97. The number of esters is 1. The van der Waals surface area contributed by atoms with Crippen LogP contribution in [0.1, 0.15) is 16.7 Å². The van der Waals surface area contributed by atoms with Crippen LogP contribution in [0.3, 0.4) is 0 Å². The van der Waals surface area contributed by atoms with Gasteiger partial charge in [-0.2, -0.15) is 5.10 Å². The van der Waals surface area contributed by atoms with Crippen molar-refractivity contribution in [2.75, 3.05) is 7.11 Å². The van der Waals surface area contributed by atoms with Gasteiger partial charge < -0.3 is 9.47 Å². The van der Waals surface area contributed by atoms with E-state index in [9.17, 15) is 9.59 Å². The number of halogens is 1. The van der Waals surface area contributed by atoms with Crippen LogP contribution < -0.4 is 14.9 Å². The lowest BCUT2D eigenvalue weighted by atomic mass is 10.1. The van der Waals surface area contributed by atoms with Gasteiger partial charge in [-0.1, -0.05) is 52.3 Å². The molecule has 0 saturated carbocycles. The van der Waals surface area contributed by atoms with Crippen molar-refractivity contribution in [3.8, 4) is 11.5 Å². The Morgan fingerprint density at radius 1 is 0.969 bits per heavy atom. The van der Waals surface area contributed by atoms with Gasteiger partial charge in [-0.25, -0.2) is 10.2 Å². The Morgan fingerprint density at radius 3 is 2.44 bits per heavy atom. The molecular formula is C25H21BrN2O4. The zero-order valence-electron chi connectivity index (χ0n) is 17.3. The van der Waals surface area contributed by atoms with E-state index < -0.39 is 5.97 Å². The summed E-state index contributed by atoms with van der Waals surface area (Å²) < 4.78 is 11.4. The van der Waals surface area contributed by atoms with Crippen molar-refractivity contribution in [2.45, 2.75) is 6.42 Å². The molecule has 0 aromatic heterocycles. The van der Waals surface area contributed by atoms with Gasteiger partial charge in [0.1, 0.15) is 11.5 Å². The average molecular weight is 493 g/mol. The average Bonchev–Trinajstić information content (AvgIpc) is 2.80. The molecule has 0 spiro atoms. The molecule has 0 aliphatic carbocycles. The molecule has 6 nitrogen and oxygen atoms in total. The molecule has 0 radical (unpaired) electrons. The Kier molecular flexibility index (Phi) is 8.34. The van der Waals surface area contributed by atoms with Crippen molar-refractivity contribution in [1.82, 2.24) is 5.43 Å². The van der Waals surface area contributed by atoms with Crippen molar-refractivity contribution in [3.05, 3.63) is 100 Å². The number of carbonyl (C=O) groups is 2. The fraction of sp³-hybridized carbons (Fsp3) is 0.0800. The third-order valence-electron chi connectivity index (χ3n) is 4.29. The first-order valence-corrected chi connectivity index (χ1v) is 10.5. The number of rotatable bonds is 8. The molecular weight excluding hydrogens is 472 g/mol. The van der Waals surface area contributed by atoms with Crippen LogP contribution in [-0.4, -0.2) is 25.2 Å². The quantitative estimate of drug-likeness (QED) is 0.161. The minimum absolute atomic E-state index is 0.225. The number of ether oxygens (including phenoxy) is 2. The van der Waals surface area contributed by atoms with Gasteiger partial charge in [-0.3, -0.25) is 4.79 Å². The molecule has 0 saturated heterocycles. The molecule has 3 aromatic carbocycles. The normalized spacial score (nSPS) is 10.9. The van der Waals surface area contributed by atoms with Crippen molar-refractivity contribution in [1.29, 1.82) is 0 Å². The lowest BCUT2D eigenvalue weighted by Crippen LogP contribution is -2.19. The van der Waals surface area contributed by atoms with E-state index in [0.717, 1.165) is 21.3 Å². The molecule has 162 valence electrons. The highest BCUT2D eigenvalue weighted by molar-refractivity contribution is 9.10. The summed E-state index contributed by atoms with van der Waals surface area (Å²) in [6.45, 7) is 0. The second-order valence-corrected chi connectivity index (χ2v) is 7.61. The predicted octanol–water partition coefficient (Wildman–Crippen LogP) is 4.77. The molecule has 0 unspecified atom stereocenters. The summed E-state index contributed by atoms with van der Waals surface area (Å²) in [6, 6.07) is 21.6. The third-order valence-corrected chi connectivity index (χ3v) is 4.81. The van der Waals surface area contributed by atoms with Crippen LogP contribution in [-0.2, 0) is 16.0 Å². The molecule has 1 amide bonds. The fourth-order valence-electron chi connectivity index (χ4n) is 2.69. The highest BCUT2D eigenvalue weighted by atomic mass is 79.9. The second-order valence-electron chi connectivity index (χ2n) is 6.70. The molecule has 0 heterocycles. The van der Waals surface area contributed by atoms with Crippen molar-refractivity contribution in [3.63, 3.8) is 0 Å². The summed E-state index contributed by atoms with van der Waals surface area (Å²) in [5.74, 6) is 0.389. The zero-order valence-corrected chi connectivity index (χ0v) is 18.9. The van der Waals surface area contributed by atoms with E-state index >= 15 is 0 Å². The van der Waals surface area contributed by atoms with Crippen LogP contribution in [0.5, 0.6) is 11.5 Å². The van der Waals surface area contributed by atoms with E-state index in [1.165, 1.54) is 12.3 Å². The molecule has 0 bridgehead atoms. The Bertz CT molecular complexity index is 1120. The van der Waals surface area contributed by atoms with Gasteiger partial charge in [-0.05, 0) is 59.2 Å². The Balaban J connectivity index is 1.51. The number of methoxy groups -OCH3 is 1. The van der Waals surface area contributed by atoms with Gasteiger partial charge in [0.15, 0.2) is 0 Å². The highest BCUT2D eigenvalue weighted by Crippen LogP contribution is 2.15. The second kappa shape index (κ2) is 11.6. The summed E-state index contributed by atoms with van der Waals surface area (Å²) >= 11 is 3.36. The van der Waals surface area contributed by atoms with Gasteiger partial charge in [0.25, 0.3) is 0 Å². The van der Waals surface area contributed by atoms with Crippen molar-refractivity contribution < 1.29 is 19.1 Å². The number of amides is 1. The van der Waals surface area contributed by atoms with Crippen molar-refractivity contribution in [2.24, 2.45) is 5.10 Å². The number of hydrogen-bond acceptors (Lipinski definition) is 5. The fourth-order valence-corrected chi connectivity index (χ4v) is 2.96. The Morgan fingerprint density at radius 2 is 1.72 bits per heavy atom. The Hall–Kier alpha value is -3.71. The predicted molar refractivity (Wildman–Crippen MR) is 128 cm³/mol. The first-order chi connectivity index (χ1) is 15.5. The van der Waals surface area contributed by atoms with Crippen LogP contribution >= 0.6 is 15.9 Å². The van der Waals surface area contributed by atoms with Crippen LogP contribution in [0.25, 0.3) is 6.08 Å². The van der Waals surface area contributed by atoms with Gasteiger partial charge in [0.05, 0.1) is 19.7 Å². The Labute approximate surface area is 194 Å². The van der Waals surface area contributed by atoms with Crippen LogP contribution in [0.4, 0.5) is 0 Å². The minimum atomic E-state index is -0.502. The van der Waals surface area contributed by atoms with Crippen LogP contribution in [0.2, 0.25) is 0 Å².